The van der Waals surface area contributed by atoms with Gasteiger partial charge in [0.1, 0.15) is 0 Å². The second kappa shape index (κ2) is 5.67. The van der Waals surface area contributed by atoms with E-state index in [-0.39, 0.29) is 14.8 Å². The highest BCUT2D eigenvalue weighted by Gasteiger charge is 2.78. The van der Waals surface area contributed by atoms with Crippen LogP contribution < -0.4 is 0 Å². The first-order chi connectivity index (χ1) is 11.6. The second-order valence-corrected chi connectivity index (χ2v) is 7.74. The standard InChI is InChI=1S/C17H14F3NO3S/c1-12-7-9-14(10-8-12)25(23,24)21-11-16(21,17(18,19)20)15(22)13-5-3-2-4-6-13/h2-10H,11H2,1H3/t16-,21?/m0/s1. The monoisotopic (exact) mass is 369 g/mol. The van der Waals surface area contributed by atoms with Crippen LogP contribution >= 0.6 is 0 Å². The number of hydrogen-bond donors (Lipinski definition) is 0. The van der Waals surface area contributed by atoms with E-state index in [0.717, 1.165) is 5.56 Å². The minimum Gasteiger partial charge on any atom is -0.292 e. The van der Waals surface area contributed by atoms with Gasteiger partial charge in [0, 0.05) is 5.56 Å². The molecule has 8 heteroatoms. The van der Waals surface area contributed by atoms with Gasteiger partial charge in [0.2, 0.25) is 15.6 Å². The zero-order chi connectivity index (χ0) is 18.5. The maximum absolute atomic E-state index is 13.7. The van der Waals surface area contributed by atoms with Crippen LogP contribution in [0.4, 0.5) is 13.2 Å². The summed E-state index contributed by atoms with van der Waals surface area (Å²) in [6.07, 6.45) is -5.02. The highest BCUT2D eigenvalue weighted by atomic mass is 32.2. The van der Waals surface area contributed by atoms with Gasteiger partial charge in [-0.1, -0.05) is 48.0 Å². The molecule has 0 saturated carbocycles. The summed E-state index contributed by atoms with van der Waals surface area (Å²) in [4.78, 5) is 12.2. The third-order valence-electron chi connectivity index (χ3n) is 4.18. The number of hydrogen-bond acceptors (Lipinski definition) is 3. The molecule has 3 rings (SSSR count). The summed E-state index contributed by atoms with van der Waals surface area (Å²) in [6, 6.07) is 12.3. The quantitative estimate of drug-likeness (QED) is 0.614. The molecule has 0 aliphatic carbocycles. The Hall–Kier alpha value is -2.19. The summed E-state index contributed by atoms with van der Waals surface area (Å²) in [5.41, 5.74) is -2.45. The number of sulfonamides is 1. The van der Waals surface area contributed by atoms with Crippen molar-refractivity contribution in [2.24, 2.45) is 0 Å². The number of ketones is 1. The zero-order valence-corrected chi connectivity index (χ0v) is 13.9. The van der Waals surface area contributed by atoms with Crippen LogP contribution in [0.25, 0.3) is 0 Å². The Morgan fingerprint density at radius 3 is 2.12 bits per heavy atom. The Labute approximate surface area is 142 Å². The summed E-state index contributed by atoms with van der Waals surface area (Å²) in [6.45, 7) is 0.813. The van der Waals surface area contributed by atoms with Crippen molar-refractivity contribution < 1.29 is 26.4 Å². The van der Waals surface area contributed by atoms with Crippen LogP contribution in [0.5, 0.6) is 0 Å². The van der Waals surface area contributed by atoms with E-state index in [1.807, 2.05) is 0 Å². The third-order valence-corrected chi connectivity index (χ3v) is 6.07. The molecular formula is C17H14F3NO3S. The molecule has 25 heavy (non-hydrogen) atoms. The Morgan fingerprint density at radius 1 is 1.04 bits per heavy atom. The van der Waals surface area contributed by atoms with Crippen molar-refractivity contribution in [1.82, 2.24) is 4.31 Å². The predicted molar refractivity (Wildman–Crippen MR) is 84.6 cm³/mol. The van der Waals surface area contributed by atoms with Gasteiger partial charge in [-0.05, 0) is 19.1 Å². The minimum atomic E-state index is -5.02. The van der Waals surface area contributed by atoms with Crippen LogP contribution in [-0.2, 0) is 10.0 Å². The zero-order valence-electron chi connectivity index (χ0n) is 13.1. The topological polar surface area (TPSA) is 54.2 Å². The molecule has 4 nitrogen and oxygen atoms in total. The number of carbonyl (C=O) groups excluding carboxylic acids is 1. The number of halogens is 3. The van der Waals surface area contributed by atoms with Crippen molar-refractivity contribution >= 4 is 15.8 Å². The van der Waals surface area contributed by atoms with Gasteiger partial charge in [-0.15, -0.1) is 0 Å². The normalized spacial score (nSPS) is 23.3. The predicted octanol–water partition coefficient (Wildman–Crippen LogP) is 3.18. The van der Waals surface area contributed by atoms with Crippen LogP contribution in [0.1, 0.15) is 15.9 Å². The summed E-state index contributed by atoms with van der Waals surface area (Å²) < 4.78 is 66.4. The smallest absolute Gasteiger partial charge is 0.292 e. The molecule has 1 fully saturated rings. The molecule has 132 valence electrons. The van der Waals surface area contributed by atoms with E-state index in [1.54, 1.807) is 13.0 Å². The largest absolute Gasteiger partial charge is 0.416 e. The minimum absolute atomic E-state index is 0.179. The molecule has 0 spiro atoms. The number of alkyl halides is 3. The van der Waals surface area contributed by atoms with Gasteiger partial charge < -0.3 is 0 Å². The lowest BCUT2D eigenvalue weighted by atomic mass is 9.97. The Morgan fingerprint density at radius 2 is 1.60 bits per heavy atom. The summed E-state index contributed by atoms with van der Waals surface area (Å²) >= 11 is 0. The Balaban J connectivity index is 2.04. The van der Waals surface area contributed by atoms with Crippen molar-refractivity contribution in [3.63, 3.8) is 0 Å². The molecule has 0 bridgehead atoms. The maximum atomic E-state index is 13.7. The molecule has 1 heterocycles. The van der Waals surface area contributed by atoms with Crippen LogP contribution in [0.2, 0.25) is 0 Å². The van der Waals surface area contributed by atoms with Crippen LogP contribution in [0.3, 0.4) is 0 Å². The molecular weight excluding hydrogens is 355 g/mol. The van der Waals surface area contributed by atoms with E-state index >= 15 is 0 Å². The van der Waals surface area contributed by atoms with Gasteiger partial charge in [0.15, 0.2) is 5.78 Å². The highest BCUT2D eigenvalue weighted by molar-refractivity contribution is 7.89. The number of carbonyl (C=O) groups is 1. The van der Waals surface area contributed by atoms with E-state index in [1.165, 1.54) is 48.5 Å². The van der Waals surface area contributed by atoms with Crippen molar-refractivity contribution in [3.05, 3.63) is 65.7 Å². The van der Waals surface area contributed by atoms with Crippen molar-refractivity contribution in [2.75, 3.05) is 6.54 Å². The molecule has 1 aliphatic rings. The molecule has 1 unspecified atom stereocenters. The maximum Gasteiger partial charge on any atom is 0.416 e. The SMILES string of the molecule is Cc1ccc(S(=O)(=O)N2C[C@]2(C(=O)c2ccccc2)C(F)(F)F)cc1. The molecule has 2 atom stereocenters. The molecule has 2 aromatic carbocycles. The van der Waals surface area contributed by atoms with Gasteiger partial charge in [0.05, 0.1) is 11.4 Å². The summed E-state index contributed by atoms with van der Waals surface area (Å²) in [5, 5.41) is 0. The molecule has 0 aromatic heterocycles. The Kier molecular flexibility index (Phi) is 4.00. The first-order valence-electron chi connectivity index (χ1n) is 7.37. The average Bonchev–Trinajstić information content (AvgIpc) is 3.33. The summed E-state index contributed by atoms with van der Waals surface area (Å²) in [5.74, 6) is -1.27. The van der Waals surface area contributed by atoms with Crippen LogP contribution in [0.15, 0.2) is 59.5 Å². The van der Waals surface area contributed by atoms with Gasteiger partial charge in [-0.25, -0.2) is 8.42 Å². The average molecular weight is 369 g/mol. The summed E-state index contributed by atoms with van der Waals surface area (Å²) in [7, 11) is -4.43. The fraction of sp³-hybridized carbons (Fsp3) is 0.235. The van der Waals surface area contributed by atoms with Crippen LogP contribution in [-0.4, -0.2) is 36.8 Å². The van der Waals surface area contributed by atoms with Crippen molar-refractivity contribution in [3.8, 4) is 0 Å². The first kappa shape index (κ1) is 17.6. The van der Waals surface area contributed by atoms with Gasteiger partial charge in [0.25, 0.3) is 0 Å². The fourth-order valence-electron chi connectivity index (χ4n) is 2.67. The Bertz CT molecular complexity index is 908. The number of benzene rings is 2. The van der Waals surface area contributed by atoms with E-state index in [2.05, 4.69) is 0 Å². The number of aryl methyl sites for hydroxylation is 1. The van der Waals surface area contributed by atoms with Crippen molar-refractivity contribution in [1.29, 1.82) is 0 Å². The molecule has 2 aromatic rings. The van der Waals surface area contributed by atoms with E-state index < -0.39 is 34.1 Å². The number of rotatable bonds is 4. The molecule has 1 aliphatic heterocycles. The lowest BCUT2D eigenvalue weighted by Crippen LogP contribution is -2.45. The third kappa shape index (κ3) is 2.75. The molecule has 0 amide bonds. The van der Waals surface area contributed by atoms with Gasteiger partial charge in [-0.3, -0.25) is 4.79 Å². The lowest BCUT2D eigenvalue weighted by molar-refractivity contribution is -0.152. The van der Waals surface area contributed by atoms with Crippen LogP contribution in [0, 0.1) is 6.92 Å². The van der Waals surface area contributed by atoms with E-state index in [0.29, 0.717) is 0 Å². The fourth-order valence-corrected chi connectivity index (χ4v) is 4.36. The van der Waals surface area contributed by atoms with Crippen molar-refractivity contribution in [2.45, 2.75) is 23.5 Å². The lowest BCUT2D eigenvalue weighted by Gasteiger charge is -2.20. The second-order valence-electron chi connectivity index (χ2n) is 5.88. The highest BCUT2D eigenvalue weighted by Crippen LogP contribution is 2.51. The van der Waals surface area contributed by atoms with E-state index in [4.69, 9.17) is 0 Å². The molecule has 0 N–H and O–H groups in total. The number of Topliss-reactive ketones (excluding diaryl/α,β-unsaturated/α-hetero) is 1. The molecule has 1 saturated heterocycles. The van der Waals surface area contributed by atoms with Gasteiger partial charge in [-0.2, -0.15) is 17.5 Å². The van der Waals surface area contributed by atoms with E-state index in [9.17, 15) is 26.4 Å². The van der Waals surface area contributed by atoms with Gasteiger partial charge >= 0.3 is 6.18 Å². The first-order valence-corrected chi connectivity index (χ1v) is 8.81. The molecule has 0 radical (unpaired) electrons. The number of nitrogens with zero attached hydrogens (tertiary/aromatic N) is 1.